The van der Waals surface area contributed by atoms with Crippen molar-refractivity contribution < 1.29 is 14.1 Å². The summed E-state index contributed by atoms with van der Waals surface area (Å²) in [5.41, 5.74) is 1.01. The molecule has 0 atom stereocenters. The predicted molar refractivity (Wildman–Crippen MR) is 132 cm³/mol. The Balaban J connectivity index is 1.35. The third-order valence-corrected chi connectivity index (χ3v) is 6.20. The summed E-state index contributed by atoms with van der Waals surface area (Å²) < 4.78 is 7.28. The predicted octanol–water partition coefficient (Wildman–Crippen LogP) is 6.85. The highest BCUT2D eigenvalue weighted by atomic mass is 79.9. The van der Waals surface area contributed by atoms with Crippen LogP contribution in [0.2, 0.25) is 0 Å². The Labute approximate surface area is 197 Å². The van der Waals surface area contributed by atoms with E-state index in [9.17, 15) is 9.59 Å². The van der Waals surface area contributed by atoms with Crippen molar-refractivity contribution in [3.05, 3.63) is 69.7 Å². The van der Waals surface area contributed by atoms with Gasteiger partial charge in [-0.3, -0.25) is 10.1 Å². The molecule has 0 aliphatic rings. The molecule has 4 rings (SSSR count). The SMILES string of the molecule is CC(C)(C)c1cc(NC(=O)Nc2ccc(NC(=O)c3cc4cc(Br)ccc4s3)cc2)no1. The van der Waals surface area contributed by atoms with Gasteiger partial charge in [0.1, 0.15) is 5.76 Å². The van der Waals surface area contributed by atoms with Gasteiger partial charge in [0.05, 0.1) is 4.88 Å². The molecular weight excluding hydrogens is 492 g/mol. The molecule has 2 aromatic carbocycles. The van der Waals surface area contributed by atoms with E-state index in [0.29, 0.717) is 27.8 Å². The van der Waals surface area contributed by atoms with E-state index in [4.69, 9.17) is 4.52 Å². The molecule has 32 heavy (non-hydrogen) atoms. The first kappa shape index (κ1) is 22.0. The van der Waals surface area contributed by atoms with E-state index >= 15 is 0 Å². The number of nitrogens with zero attached hydrogens (tertiary/aromatic N) is 1. The minimum absolute atomic E-state index is 0.179. The van der Waals surface area contributed by atoms with Gasteiger partial charge in [-0.2, -0.15) is 0 Å². The van der Waals surface area contributed by atoms with Gasteiger partial charge < -0.3 is 15.2 Å². The van der Waals surface area contributed by atoms with Crippen LogP contribution in [-0.2, 0) is 5.41 Å². The van der Waals surface area contributed by atoms with E-state index in [1.54, 1.807) is 30.3 Å². The third-order valence-electron chi connectivity index (χ3n) is 4.59. The Hall–Kier alpha value is -3.17. The quantitative estimate of drug-likeness (QED) is 0.278. The van der Waals surface area contributed by atoms with Crippen molar-refractivity contribution in [2.24, 2.45) is 0 Å². The van der Waals surface area contributed by atoms with Gasteiger partial charge in [0.25, 0.3) is 5.91 Å². The van der Waals surface area contributed by atoms with Crippen LogP contribution in [0, 0.1) is 0 Å². The molecule has 164 valence electrons. The van der Waals surface area contributed by atoms with Crippen molar-refractivity contribution in [2.75, 3.05) is 16.0 Å². The number of rotatable bonds is 4. The minimum Gasteiger partial charge on any atom is -0.359 e. The average molecular weight is 513 g/mol. The van der Waals surface area contributed by atoms with E-state index in [-0.39, 0.29) is 11.3 Å². The molecule has 0 saturated heterocycles. The zero-order valence-electron chi connectivity index (χ0n) is 17.7. The van der Waals surface area contributed by atoms with Gasteiger partial charge >= 0.3 is 6.03 Å². The van der Waals surface area contributed by atoms with Gasteiger partial charge in [0, 0.05) is 32.0 Å². The van der Waals surface area contributed by atoms with Crippen LogP contribution in [0.5, 0.6) is 0 Å². The number of urea groups is 1. The highest BCUT2D eigenvalue weighted by Crippen LogP contribution is 2.29. The molecule has 9 heteroatoms. The van der Waals surface area contributed by atoms with E-state index in [1.165, 1.54) is 11.3 Å². The van der Waals surface area contributed by atoms with Crippen LogP contribution in [0.15, 0.2) is 63.6 Å². The minimum atomic E-state index is -0.438. The Kier molecular flexibility index (Phi) is 6.03. The van der Waals surface area contributed by atoms with Crippen LogP contribution in [0.25, 0.3) is 10.1 Å². The third kappa shape index (κ3) is 5.17. The van der Waals surface area contributed by atoms with Crippen LogP contribution in [-0.4, -0.2) is 17.1 Å². The number of fused-ring (bicyclic) bond motifs is 1. The lowest BCUT2D eigenvalue weighted by Crippen LogP contribution is -2.19. The van der Waals surface area contributed by atoms with E-state index in [1.807, 2.05) is 45.0 Å². The molecule has 0 radical (unpaired) electrons. The van der Waals surface area contributed by atoms with Gasteiger partial charge in [-0.05, 0) is 53.9 Å². The summed E-state index contributed by atoms with van der Waals surface area (Å²) >= 11 is 4.88. The van der Waals surface area contributed by atoms with Crippen LogP contribution >= 0.6 is 27.3 Å². The number of amides is 3. The normalized spacial score (nSPS) is 11.4. The second kappa shape index (κ2) is 8.76. The number of hydrogen-bond donors (Lipinski definition) is 3. The summed E-state index contributed by atoms with van der Waals surface area (Å²) in [5, 5.41) is 13.1. The number of hydrogen-bond acceptors (Lipinski definition) is 5. The Morgan fingerprint density at radius 1 is 0.938 bits per heavy atom. The molecule has 4 aromatic rings. The monoisotopic (exact) mass is 512 g/mol. The van der Waals surface area contributed by atoms with Gasteiger partial charge in [-0.15, -0.1) is 11.3 Å². The molecule has 3 amide bonds. The summed E-state index contributed by atoms with van der Waals surface area (Å²) in [7, 11) is 0. The van der Waals surface area contributed by atoms with Gasteiger partial charge in [-0.1, -0.05) is 41.9 Å². The van der Waals surface area contributed by atoms with Crippen LogP contribution < -0.4 is 16.0 Å². The average Bonchev–Trinajstić information content (AvgIpc) is 3.36. The lowest BCUT2D eigenvalue weighted by atomic mass is 9.93. The second-order valence-corrected chi connectivity index (χ2v) is 10.2. The summed E-state index contributed by atoms with van der Waals surface area (Å²) in [4.78, 5) is 25.4. The number of benzene rings is 2. The van der Waals surface area contributed by atoms with Crippen molar-refractivity contribution in [2.45, 2.75) is 26.2 Å². The number of anilines is 3. The molecule has 0 fully saturated rings. The first-order chi connectivity index (χ1) is 15.2. The second-order valence-electron chi connectivity index (χ2n) is 8.23. The van der Waals surface area contributed by atoms with Crippen LogP contribution in [0.4, 0.5) is 22.0 Å². The fourth-order valence-corrected chi connectivity index (χ4v) is 4.24. The number of thiophene rings is 1. The van der Waals surface area contributed by atoms with Crippen molar-refractivity contribution in [3.8, 4) is 0 Å². The maximum atomic E-state index is 12.6. The lowest BCUT2D eigenvalue weighted by Gasteiger charge is -2.12. The fourth-order valence-electron chi connectivity index (χ4n) is 2.92. The summed E-state index contributed by atoms with van der Waals surface area (Å²) in [6.45, 7) is 5.99. The topological polar surface area (TPSA) is 96.3 Å². The maximum absolute atomic E-state index is 12.6. The molecule has 2 heterocycles. The Morgan fingerprint density at radius 3 is 2.28 bits per heavy atom. The van der Waals surface area contributed by atoms with Crippen LogP contribution in [0.1, 0.15) is 36.2 Å². The number of carbonyl (C=O) groups excluding carboxylic acids is 2. The number of carbonyl (C=O) groups is 2. The molecular formula is C23H21BrN4O3S. The molecule has 7 nitrogen and oxygen atoms in total. The zero-order chi connectivity index (χ0) is 22.9. The van der Waals surface area contributed by atoms with Crippen molar-refractivity contribution in [3.63, 3.8) is 0 Å². The zero-order valence-corrected chi connectivity index (χ0v) is 20.1. The Bertz CT molecular complexity index is 1290. The Morgan fingerprint density at radius 2 is 1.62 bits per heavy atom. The standard InChI is InChI=1S/C23H21BrN4O3S/c1-23(2,3)19-12-20(28-31-19)27-22(30)26-16-7-5-15(6-8-16)25-21(29)18-11-13-10-14(24)4-9-17(13)32-18/h4-12H,1-3H3,(H,25,29)(H2,26,27,28,30). The molecule has 3 N–H and O–H groups in total. The van der Waals surface area contributed by atoms with Crippen molar-refractivity contribution in [1.82, 2.24) is 5.16 Å². The number of nitrogens with one attached hydrogen (secondary N) is 3. The van der Waals surface area contributed by atoms with E-state index < -0.39 is 6.03 Å². The molecule has 2 aromatic heterocycles. The highest BCUT2D eigenvalue weighted by molar-refractivity contribution is 9.10. The summed E-state index contributed by atoms with van der Waals surface area (Å²) in [6.07, 6.45) is 0. The summed E-state index contributed by atoms with van der Waals surface area (Å²) in [6, 6.07) is 15.9. The lowest BCUT2D eigenvalue weighted by molar-refractivity contribution is 0.103. The van der Waals surface area contributed by atoms with Gasteiger partial charge in [0.2, 0.25) is 0 Å². The molecule has 0 spiro atoms. The highest BCUT2D eigenvalue weighted by Gasteiger charge is 2.20. The number of halogens is 1. The van der Waals surface area contributed by atoms with E-state index in [0.717, 1.165) is 14.6 Å². The van der Waals surface area contributed by atoms with Crippen LogP contribution in [0.3, 0.4) is 0 Å². The largest absolute Gasteiger partial charge is 0.359 e. The van der Waals surface area contributed by atoms with Gasteiger partial charge in [0.15, 0.2) is 5.82 Å². The molecule has 0 saturated carbocycles. The number of aromatic nitrogens is 1. The van der Waals surface area contributed by atoms with Gasteiger partial charge in [-0.25, -0.2) is 4.79 Å². The summed E-state index contributed by atoms with van der Waals surface area (Å²) in [5.74, 6) is 0.840. The fraction of sp³-hybridized carbons (Fsp3) is 0.174. The maximum Gasteiger partial charge on any atom is 0.324 e. The first-order valence-corrected chi connectivity index (χ1v) is 11.4. The molecule has 0 aliphatic carbocycles. The molecule has 0 aliphatic heterocycles. The molecule has 0 bridgehead atoms. The smallest absolute Gasteiger partial charge is 0.324 e. The molecule has 0 unspecified atom stereocenters. The first-order valence-electron chi connectivity index (χ1n) is 9.83. The van der Waals surface area contributed by atoms with E-state index in [2.05, 4.69) is 37.0 Å². The van der Waals surface area contributed by atoms with Crippen molar-refractivity contribution >= 4 is 66.5 Å². The van der Waals surface area contributed by atoms with Crippen molar-refractivity contribution in [1.29, 1.82) is 0 Å².